The van der Waals surface area contributed by atoms with Gasteiger partial charge in [0.15, 0.2) is 5.69 Å². The Hall–Kier alpha value is -2.72. The molecule has 0 saturated carbocycles. The molecule has 0 aliphatic heterocycles. The number of aromatic nitrogens is 4. The first-order valence-electron chi connectivity index (χ1n) is 5.73. The normalized spacial score (nSPS) is 10.2. The van der Waals surface area contributed by atoms with Gasteiger partial charge in [-0.3, -0.25) is 0 Å². The molecule has 98 valence electrons. The van der Waals surface area contributed by atoms with Crippen LogP contribution in [0.4, 0.5) is 0 Å². The molecule has 1 N–H and O–H groups in total. The second-order valence-electron chi connectivity index (χ2n) is 3.90. The van der Waals surface area contributed by atoms with Crippen molar-refractivity contribution >= 4 is 11.3 Å². The Morgan fingerprint density at radius 1 is 1.35 bits per heavy atom. The molecule has 0 atom stereocenters. The number of benzene rings is 1. The van der Waals surface area contributed by atoms with Crippen LogP contribution in [0.1, 0.15) is 5.69 Å². The van der Waals surface area contributed by atoms with Crippen LogP contribution in [0.25, 0.3) is 22.0 Å². The Balaban J connectivity index is 2.00. The van der Waals surface area contributed by atoms with Crippen LogP contribution in [-0.2, 0) is 0 Å². The van der Waals surface area contributed by atoms with Crippen LogP contribution in [-0.4, -0.2) is 27.5 Å². The van der Waals surface area contributed by atoms with Crippen LogP contribution < -0.4 is 4.74 Å². The second kappa shape index (κ2) is 5.11. The standard InChI is InChI=1S/C13H9N5OS/c1-19-9-4-2-3-8(5-9)13-15-11(7-20-13)12-10(6-14)16-18-17-12/h2-5,7H,1H3,(H,16,17,18). The van der Waals surface area contributed by atoms with Crippen molar-refractivity contribution in [2.45, 2.75) is 0 Å². The van der Waals surface area contributed by atoms with Gasteiger partial charge < -0.3 is 4.74 Å². The summed E-state index contributed by atoms with van der Waals surface area (Å²) in [5, 5.41) is 21.8. The third-order valence-corrected chi connectivity index (χ3v) is 3.61. The van der Waals surface area contributed by atoms with Gasteiger partial charge in [0.1, 0.15) is 28.2 Å². The van der Waals surface area contributed by atoms with Crippen molar-refractivity contribution in [2.24, 2.45) is 0 Å². The molecule has 0 unspecified atom stereocenters. The predicted octanol–water partition coefficient (Wildman–Crippen LogP) is 2.48. The van der Waals surface area contributed by atoms with Crippen molar-refractivity contribution in [1.29, 1.82) is 5.26 Å². The van der Waals surface area contributed by atoms with Crippen LogP contribution in [0.3, 0.4) is 0 Å². The third-order valence-electron chi connectivity index (χ3n) is 2.72. The largest absolute Gasteiger partial charge is 0.497 e. The maximum absolute atomic E-state index is 8.95. The number of aromatic amines is 1. The minimum Gasteiger partial charge on any atom is -0.497 e. The molecular formula is C13H9N5OS. The van der Waals surface area contributed by atoms with Gasteiger partial charge in [0.25, 0.3) is 0 Å². The van der Waals surface area contributed by atoms with Crippen LogP contribution in [0.5, 0.6) is 5.75 Å². The molecular weight excluding hydrogens is 274 g/mol. The van der Waals surface area contributed by atoms with E-state index in [2.05, 4.69) is 20.4 Å². The first-order valence-corrected chi connectivity index (χ1v) is 6.61. The smallest absolute Gasteiger partial charge is 0.192 e. The molecule has 3 rings (SSSR count). The predicted molar refractivity (Wildman–Crippen MR) is 74.2 cm³/mol. The summed E-state index contributed by atoms with van der Waals surface area (Å²) in [6, 6.07) is 9.64. The van der Waals surface area contributed by atoms with Crippen LogP contribution in [0.15, 0.2) is 29.6 Å². The fraction of sp³-hybridized carbons (Fsp3) is 0.0769. The van der Waals surface area contributed by atoms with Gasteiger partial charge in [0.05, 0.1) is 7.11 Å². The first kappa shape index (κ1) is 12.3. The summed E-state index contributed by atoms with van der Waals surface area (Å²) in [5.41, 5.74) is 2.31. The Bertz CT molecular complexity index is 786. The average molecular weight is 283 g/mol. The van der Waals surface area contributed by atoms with Crippen molar-refractivity contribution in [3.63, 3.8) is 0 Å². The summed E-state index contributed by atoms with van der Waals surface area (Å²) in [4.78, 5) is 4.50. The van der Waals surface area contributed by atoms with Gasteiger partial charge in [-0.2, -0.15) is 15.6 Å². The lowest BCUT2D eigenvalue weighted by molar-refractivity contribution is 0.415. The Morgan fingerprint density at radius 3 is 3.05 bits per heavy atom. The van der Waals surface area contributed by atoms with Gasteiger partial charge in [0.2, 0.25) is 0 Å². The summed E-state index contributed by atoms with van der Waals surface area (Å²) in [6.07, 6.45) is 0. The maximum Gasteiger partial charge on any atom is 0.192 e. The van der Waals surface area contributed by atoms with E-state index in [9.17, 15) is 0 Å². The number of nitriles is 1. The van der Waals surface area contributed by atoms with Crippen molar-refractivity contribution in [1.82, 2.24) is 20.4 Å². The molecule has 20 heavy (non-hydrogen) atoms. The minimum atomic E-state index is 0.243. The Labute approximate surface area is 118 Å². The molecule has 0 aliphatic rings. The highest BCUT2D eigenvalue weighted by Crippen LogP contribution is 2.30. The molecule has 0 bridgehead atoms. The highest BCUT2D eigenvalue weighted by Gasteiger charge is 2.14. The van der Waals surface area contributed by atoms with E-state index < -0.39 is 0 Å². The van der Waals surface area contributed by atoms with Crippen molar-refractivity contribution in [3.8, 4) is 33.8 Å². The molecule has 0 radical (unpaired) electrons. The summed E-state index contributed by atoms with van der Waals surface area (Å²) in [6.45, 7) is 0. The Kier molecular flexibility index (Phi) is 3.15. The minimum absolute atomic E-state index is 0.243. The van der Waals surface area contributed by atoms with Gasteiger partial charge in [-0.05, 0) is 12.1 Å². The van der Waals surface area contributed by atoms with E-state index in [1.54, 1.807) is 7.11 Å². The fourth-order valence-corrected chi connectivity index (χ4v) is 2.56. The Morgan fingerprint density at radius 2 is 2.25 bits per heavy atom. The van der Waals surface area contributed by atoms with Crippen LogP contribution >= 0.6 is 11.3 Å². The number of nitrogens with one attached hydrogen (secondary N) is 1. The lowest BCUT2D eigenvalue weighted by Gasteiger charge is -2.01. The van der Waals surface area contributed by atoms with Gasteiger partial charge in [0, 0.05) is 10.9 Å². The molecule has 0 spiro atoms. The molecule has 3 aromatic rings. The number of rotatable bonds is 3. The van der Waals surface area contributed by atoms with Crippen LogP contribution in [0, 0.1) is 11.3 Å². The summed E-state index contributed by atoms with van der Waals surface area (Å²) >= 11 is 1.48. The molecule has 6 nitrogen and oxygen atoms in total. The molecule has 2 aromatic heterocycles. The molecule has 7 heteroatoms. The van der Waals surface area contributed by atoms with Crippen molar-refractivity contribution in [2.75, 3.05) is 7.11 Å². The lowest BCUT2D eigenvalue weighted by Crippen LogP contribution is -1.85. The number of H-pyrrole nitrogens is 1. The summed E-state index contributed by atoms with van der Waals surface area (Å²) in [7, 11) is 1.63. The number of hydrogen-bond donors (Lipinski definition) is 1. The number of hydrogen-bond acceptors (Lipinski definition) is 6. The highest BCUT2D eigenvalue weighted by molar-refractivity contribution is 7.13. The summed E-state index contributed by atoms with van der Waals surface area (Å²) in [5.74, 6) is 0.776. The van der Waals surface area contributed by atoms with Gasteiger partial charge in [-0.15, -0.1) is 16.4 Å². The maximum atomic E-state index is 8.95. The molecule has 0 saturated heterocycles. The molecule has 2 heterocycles. The number of ether oxygens (including phenoxy) is 1. The quantitative estimate of drug-likeness (QED) is 0.797. The number of nitrogens with zero attached hydrogens (tertiary/aromatic N) is 4. The summed E-state index contributed by atoms with van der Waals surface area (Å²) < 4.78 is 5.20. The topological polar surface area (TPSA) is 87.5 Å². The van der Waals surface area contributed by atoms with Crippen molar-refractivity contribution in [3.05, 3.63) is 35.3 Å². The third kappa shape index (κ3) is 2.13. The van der Waals surface area contributed by atoms with E-state index in [4.69, 9.17) is 10.00 Å². The average Bonchev–Trinajstić information content (AvgIpc) is 3.15. The van der Waals surface area contributed by atoms with E-state index in [0.717, 1.165) is 16.3 Å². The van der Waals surface area contributed by atoms with E-state index in [-0.39, 0.29) is 5.69 Å². The van der Waals surface area contributed by atoms with Crippen molar-refractivity contribution < 1.29 is 4.74 Å². The van der Waals surface area contributed by atoms with Gasteiger partial charge >= 0.3 is 0 Å². The van der Waals surface area contributed by atoms with Crippen LogP contribution in [0.2, 0.25) is 0 Å². The fourth-order valence-electron chi connectivity index (χ4n) is 1.76. The number of thiazole rings is 1. The number of methoxy groups -OCH3 is 1. The zero-order valence-corrected chi connectivity index (χ0v) is 11.3. The lowest BCUT2D eigenvalue weighted by atomic mass is 10.2. The molecule has 0 fully saturated rings. The zero-order valence-electron chi connectivity index (χ0n) is 10.5. The first-order chi connectivity index (χ1) is 9.81. The monoisotopic (exact) mass is 283 g/mol. The van der Waals surface area contributed by atoms with E-state index in [1.165, 1.54) is 11.3 Å². The molecule has 0 aliphatic carbocycles. The molecule has 1 aromatic carbocycles. The van der Waals surface area contributed by atoms with E-state index >= 15 is 0 Å². The van der Waals surface area contributed by atoms with E-state index in [0.29, 0.717) is 11.4 Å². The highest BCUT2D eigenvalue weighted by atomic mass is 32.1. The van der Waals surface area contributed by atoms with E-state index in [1.807, 2.05) is 35.7 Å². The van der Waals surface area contributed by atoms with Gasteiger partial charge in [-0.25, -0.2) is 4.98 Å². The second-order valence-corrected chi connectivity index (χ2v) is 4.76. The zero-order chi connectivity index (χ0) is 13.9. The van der Waals surface area contributed by atoms with Gasteiger partial charge in [-0.1, -0.05) is 12.1 Å². The SMILES string of the molecule is COc1cccc(-c2nc(-c3n[nH]nc3C#N)cs2)c1. The molecule has 0 amide bonds.